The molecule has 0 unspecified atom stereocenters. The van der Waals surface area contributed by atoms with Crippen molar-refractivity contribution in [3.05, 3.63) is 65.9 Å². The van der Waals surface area contributed by atoms with E-state index in [0.717, 1.165) is 5.39 Å². The topological polar surface area (TPSA) is 65.6 Å². The molecule has 0 aliphatic carbocycles. The van der Waals surface area contributed by atoms with Crippen LogP contribution >= 0.6 is 0 Å². The van der Waals surface area contributed by atoms with E-state index in [4.69, 9.17) is 4.74 Å². The van der Waals surface area contributed by atoms with Gasteiger partial charge in [-0.3, -0.25) is 4.79 Å². The van der Waals surface area contributed by atoms with E-state index in [1.165, 1.54) is 24.3 Å². The van der Waals surface area contributed by atoms with Crippen LogP contribution in [0.2, 0.25) is 0 Å². The molecule has 2 N–H and O–H groups in total. The maximum Gasteiger partial charge on any atom is 0.270 e. The fourth-order valence-electron chi connectivity index (χ4n) is 3.49. The van der Waals surface area contributed by atoms with Crippen LogP contribution in [0.5, 0.6) is 5.75 Å². The molecule has 7 heteroatoms. The first-order chi connectivity index (χ1) is 13.5. The van der Waals surface area contributed by atoms with Crippen LogP contribution in [0.1, 0.15) is 23.3 Å². The molecule has 0 radical (unpaired) electrons. The standard InChI is InChI=1S/C21H20F2N2O3/c22-14-6-5-13-11-17(24-16(13)12-14)21(27)25-9-7-18(26)20(8-10-25)28-19-4-2-1-3-15(19)23/h1-6,11-12,18,20,24,26H,7-10H2/t18-,20-/m0/s1. The molecule has 0 saturated carbocycles. The van der Waals surface area contributed by atoms with Crippen LogP contribution < -0.4 is 4.74 Å². The van der Waals surface area contributed by atoms with Gasteiger partial charge in [0, 0.05) is 30.4 Å². The number of hydrogen-bond donors (Lipinski definition) is 2. The molecule has 4 rings (SSSR count). The summed E-state index contributed by atoms with van der Waals surface area (Å²) in [5.74, 6) is -1.00. The second-order valence-electron chi connectivity index (χ2n) is 6.94. The van der Waals surface area contributed by atoms with Crippen molar-refractivity contribution in [2.45, 2.75) is 25.0 Å². The number of para-hydroxylation sites is 1. The number of likely N-dealkylation sites (tertiary alicyclic amines) is 1. The number of halogens is 2. The minimum atomic E-state index is -0.811. The number of H-pyrrole nitrogens is 1. The predicted octanol–water partition coefficient (Wildman–Crippen LogP) is 3.49. The summed E-state index contributed by atoms with van der Waals surface area (Å²) in [6.07, 6.45) is -0.726. The number of aromatic amines is 1. The highest BCUT2D eigenvalue weighted by atomic mass is 19.1. The SMILES string of the molecule is O=C(c1cc2ccc(F)cc2[nH]1)N1CC[C@H](Oc2ccccc2F)[C@@H](O)CC1. The Kier molecular flexibility index (Phi) is 5.00. The van der Waals surface area contributed by atoms with Crippen molar-refractivity contribution in [3.8, 4) is 5.75 Å². The highest BCUT2D eigenvalue weighted by Gasteiger charge is 2.29. The lowest BCUT2D eigenvalue weighted by molar-refractivity contribution is 0.0328. The maximum atomic E-state index is 13.8. The Morgan fingerprint density at radius 2 is 1.89 bits per heavy atom. The molecule has 1 aromatic heterocycles. The van der Waals surface area contributed by atoms with E-state index in [1.54, 1.807) is 29.2 Å². The smallest absolute Gasteiger partial charge is 0.270 e. The molecule has 1 fully saturated rings. The van der Waals surface area contributed by atoms with E-state index in [0.29, 0.717) is 37.1 Å². The Morgan fingerprint density at radius 3 is 2.71 bits per heavy atom. The molecular weight excluding hydrogens is 366 g/mol. The number of carbonyl (C=O) groups is 1. The van der Waals surface area contributed by atoms with Gasteiger partial charge in [0.25, 0.3) is 5.91 Å². The Balaban J connectivity index is 1.47. The highest BCUT2D eigenvalue weighted by molar-refractivity contribution is 5.98. The number of benzene rings is 2. The van der Waals surface area contributed by atoms with E-state index in [2.05, 4.69) is 4.98 Å². The van der Waals surface area contributed by atoms with Gasteiger partial charge < -0.3 is 19.7 Å². The van der Waals surface area contributed by atoms with Gasteiger partial charge in [0.05, 0.1) is 6.10 Å². The first-order valence-electron chi connectivity index (χ1n) is 9.18. The third kappa shape index (κ3) is 3.71. The van der Waals surface area contributed by atoms with Crippen molar-refractivity contribution >= 4 is 16.8 Å². The molecule has 1 amide bonds. The summed E-state index contributed by atoms with van der Waals surface area (Å²) in [7, 11) is 0. The van der Waals surface area contributed by atoms with Crippen LogP contribution in [0.3, 0.4) is 0 Å². The molecule has 2 atom stereocenters. The van der Waals surface area contributed by atoms with E-state index in [9.17, 15) is 18.7 Å². The van der Waals surface area contributed by atoms with Crippen molar-refractivity contribution in [2.24, 2.45) is 0 Å². The Hall–Kier alpha value is -2.93. The van der Waals surface area contributed by atoms with Crippen molar-refractivity contribution in [1.29, 1.82) is 0 Å². The van der Waals surface area contributed by atoms with E-state index in [1.807, 2.05) is 0 Å². The molecule has 2 heterocycles. The van der Waals surface area contributed by atoms with Crippen molar-refractivity contribution in [1.82, 2.24) is 9.88 Å². The first kappa shape index (κ1) is 18.4. The van der Waals surface area contributed by atoms with Crippen LogP contribution in [-0.2, 0) is 0 Å². The Bertz CT molecular complexity index is 1000. The number of nitrogens with one attached hydrogen (secondary N) is 1. The molecule has 1 aliphatic heterocycles. The van der Waals surface area contributed by atoms with Crippen LogP contribution in [0.4, 0.5) is 8.78 Å². The van der Waals surface area contributed by atoms with Gasteiger partial charge in [0.1, 0.15) is 17.6 Å². The molecule has 2 aromatic carbocycles. The third-order valence-corrected chi connectivity index (χ3v) is 5.02. The molecule has 1 saturated heterocycles. The quantitative estimate of drug-likeness (QED) is 0.724. The predicted molar refractivity (Wildman–Crippen MR) is 100 cm³/mol. The van der Waals surface area contributed by atoms with E-state index >= 15 is 0 Å². The number of rotatable bonds is 3. The lowest BCUT2D eigenvalue weighted by Gasteiger charge is -2.22. The minimum absolute atomic E-state index is 0.0870. The average Bonchev–Trinajstić information content (AvgIpc) is 3.02. The summed E-state index contributed by atoms with van der Waals surface area (Å²) >= 11 is 0. The highest BCUT2D eigenvalue weighted by Crippen LogP contribution is 2.24. The summed E-state index contributed by atoms with van der Waals surface area (Å²) in [4.78, 5) is 17.4. The lowest BCUT2D eigenvalue weighted by Crippen LogP contribution is -2.33. The Labute approximate surface area is 160 Å². The molecule has 146 valence electrons. The second-order valence-corrected chi connectivity index (χ2v) is 6.94. The summed E-state index contributed by atoms with van der Waals surface area (Å²) in [5.41, 5.74) is 0.919. The number of nitrogens with zero attached hydrogens (tertiary/aromatic N) is 1. The van der Waals surface area contributed by atoms with Crippen LogP contribution in [-0.4, -0.2) is 46.2 Å². The van der Waals surface area contributed by atoms with E-state index in [-0.39, 0.29) is 17.5 Å². The average molecular weight is 386 g/mol. The molecule has 3 aromatic rings. The van der Waals surface area contributed by atoms with Crippen molar-refractivity contribution in [3.63, 3.8) is 0 Å². The van der Waals surface area contributed by atoms with Gasteiger partial charge in [-0.15, -0.1) is 0 Å². The number of aliphatic hydroxyl groups is 1. The summed E-state index contributed by atoms with van der Waals surface area (Å²) < 4.78 is 32.9. The molecule has 1 aliphatic rings. The van der Waals surface area contributed by atoms with Crippen molar-refractivity contribution in [2.75, 3.05) is 13.1 Å². The monoisotopic (exact) mass is 386 g/mol. The zero-order chi connectivity index (χ0) is 19.7. The van der Waals surface area contributed by atoms with Crippen molar-refractivity contribution < 1.29 is 23.4 Å². The van der Waals surface area contributed by atoms with Crippen LogP contribution in [0.15, 0.2) is 48.5 Å². The lowest BCUT2D eigenvalue weighted by atomic mass is 10.1. The number of hydrogen-bond acceptors (Lipinski definition) is 3. The molecular formula is C21H20F2N2O3. The molecule has 0 bridgehead atoms. The summed E-state index contributed by atoms with van der Waals surface area (Å²) in [6.45, 7) is 0.708. The molecule has 0 spiro atoms. The molecule has 5 nitrogen and oxygen atoms in total. The number of aromatic nitrogens is 1. The van der Waals surface area contributed by atoms with Gasteiger partial charge in [-0.2, -0.15) is 0 Å². The fraction of sp³-hybridized carbons (Fsp3) is 0.286. The number of fused-ring (bicyclic) bond motifs is 1. The largest absolute Gasteiger partial charge is 0.485 e. The van der Waals surface area contributed by atoms with Crippen LogP contribution in [0, 0.1) is 11.6 Å². The maximum absolute atomic E-state index is 13.8. The Morgan fingerprint density at radius 1 is 1.11 bits per heavy atom. The zero-order valence-corrected chi connectivity index (χ0v) is 15.1. The number of amides is 1. The van der Waals surface area contributed by atoms with Gasteiger partial charge in [-0.05, 0) is 42.8 Å². The summed E-state index contributed by atoms with van der Waals surface area (Å²) in [5, 5.41) is 11.1. The van der Waals surface area contributed by atoms with Gasteiger partial charge >= 0.3 is 0 Å². The zero-order valence-electron chi connectivity index (χ0n) is 15.1. The number of ether oxygens (including phenoxy) is 1. The normalized spacial score (nSPS) is 20.2. The number of aliphatic hydroxyl groups excluding tert-OH is 1. The first-order valence-corrected chi connectivity index (χ1v) is 9.18. The van der Waals surface area contributed by atoms with Gasteiger partial charge in [0.15, 0.2) is 11.6 Å². The van der Waals surface area contributed by atoms with Gasteiger partial charge in [0.2, 0.25) is 0 Å². The van der Waals surface area contributed by atoms with Crippen LogP contribution in [0.25, 0.3) is 10.9 Å². The minimum Gasteiger partial charge on any atom is -0.485 e. The second kappa shape index (κ2) is 7.59. The summed E-state index contributed by atoms with van der Waals surface area (Å²) in [6, 6.07) is 12.0. The van der Waals surface area contributed by atoms with Gasteiger partial charge in [-0.25, -0.2) is 8.78 Å². The third-order valence-electron chi connectivity index (χ3n) is 5.02. The number of carbonyl (C=O) groups excluding carboxylic acids is 1. The van der Waals surface area contributed by atoms with Gasteiger partial charge in [-0.1, -0.05) is 12.1 Å². The fourth-order valence-corrected chi connectivity index (χ4v) is 3.49. The molecule has 28 heavy (non-hydrogen) atoms. The van der Waals surface area contributed by atoms with E-state index < -0.39 is 18.0 Å².